The molecule has 0 spiro atoms. The molecule has 0 saturated heterocycles. The smallest absolute Gasteiger partial charge is 0.184 e. The van der Waals surface area contributed by atoms with E-state index in [0.717, 1.165) is 17.0 Å². The van der Waals surface area contributed by atoms with Crippen molar-refractivity contribution >= 4 is 28.7 Å². The monoisotopic (exact) mass is 206 g/mol. The predicted octanol–water partition coefficient (Wildman–Crippen LogP) is 0.649. The van der Waals surface area contributed by atoms with E-state index in [1.165, 1.54) is 0 Å². The SMILES string of the molecule is NC(=S)NN=C1CNc2ccccc21. The Hall–Kier alpha value is -1.62. The van der Waals surface area contributed by atoms with E-state index in [9.17, 15) is 0 Å². The number of nitrogens with zero attached hydrogens (tertiary/aromatic N) is 1. The lowest BCUT2D eigenvalue weighted by atomic mass is 10.1. The maximum Gasteiger partial charge on any atom is 0.184 e. The molecule has 4 N–H and O–H groups in total. The van der Waals surface area contributed by atoms with Crippen molar-refractivity contribution in [2.75, 3.05) is 11.9 Å². The highest BCUT2D eigenvalue weighted by molar-refractivity contribution is 7.80. The van der Waals surface area contributed by atoms with Gasteiger partial charge in [-0.05, 0) is 18.3 Å². The summed E-state index contributed by atoms with van der Waals surface area (Å²) in [5.41, 5.74) is 11.0. The molecule has 1 aliphatic heterocycles. The van der Waals surface area contributed by atoms with Crippen LogP contribution in [-0.4, -0.2) is 17.4 Å². The summed E-state index contributed by atoms with van der Waals surface area (Å²) in [6.07, 6.45) is 0. The van der Waals surface area contributed by atoms with Crippen molar-refractivity contribution in [3.8, 4) is 0 Å². The first-order chi connectivity index (χ1) is 6.77. The number of rotatable bonds is 1. The Labute approximate surface area is 87.2 Å². The first kappa shape index (κ1) is 8.96. The molecular formula is C9H10N4S. The summed E-state index contributed by atoms with van der Waals surface area (Å²) in [4.78, 5) is 0. The molecule has 1 aliphatic rings. The maximum atomic E-state index is 5.28. The second-order valence-corrected chi connectivity index (χ2v) is 3.37. The molecule has 2 rings (SSSR count). The van der Waals surface area contributed by atoms with Crippen molar-refractivity contribution in [1.29, 1.82) is 0 Å². The molecule has 72 valence electrons. The Bertz CT molecular complexity index is 400. The van der Waals surface area contributed by atoms with Crippen molar-refractivity contribution in [3.05, 3.63) is 29.8 Å². The third kappa shape index (κ3) is 1.67. The van der Waals surface area contributed by atoms with Gasteiger partial charge in [0.15, 0.2) is 5.11 Å². The van der Waals surface area contributed by atoms with Crippen molar-refractivity contribution in [1.82, 2.24) is 5.43 Å². The lowest BCUT2D eigenvalue weighted by molar-refractivity contribution is 1.03. The summed E-state index contributed by atoms with van der Waals surface area (Å²) in [7, 11) is 0. The molecule has 4 nitrogen and oxygen atoms in total. The highest BCUT2D eigenvalue weighted by atomic mass is 32.1. The Morgan fingerprint density at radius 2 is 2.29 bits per heavy atom. The van der Waals surface area contributed by atoms with E-state index in [1.54, 1.807) is 0 Å². The van der Waals surface area contributed by atoms with Crippen LogP contribution in [0, 0.1) is 0 Å². The average Bonchev–Trinajstić information content (AvgIpc) is 2.58. The van der Waals surface area contributed by atoms with E-state index in [4.69, 9.17) is 5.73 Å². The van der Waals surface area contributed by atoms with Crippen LogP contribution in [0.1, 0.15) is 5.56 Å². The summed E-state index contributed by atoms with van der Waals surface area (Å²) in [6.45, 7) is 0.703. The lowest BCUT2D eigenvalue weighted by Crippen LogP contribution is -2.26. The summed E-state index contributed by atoms with van der Waals surface area (Å²) >= 11 is 4.67. The van der Waals surface area contributed by atoms with Crippen molar-refractivity contribution in [2.24, 2.45) is 10.8 Å². The molecule has 1 heterocycles. The van der Waals surface area contributed by atoms with Gasteiger partial charge in [0.2, 0.25) is 0 Å². The number of hydrogen-bond donors (Lipinski definition) is 3. The van der Waals surface area contributed by atoms with E-state index in [1.807, 2.05) is 24.3 Å². The fraction of sp³-hybridized carbons (Fsp3) is 0.111. The number of fused-ring (bicyclic) bond motifs is 1. The Balaban J connectivity index is 2.26. The van der Waals surface area contributed by atoms with Gasteiger partial charge in [0.1, 0.15) is 0 Å². The number of benzene rings is 1. The zero-order valence-electron chi connectivity index (χ0n) is 7.45. The van der Waals surface area contributed by atoms with Crippen LogP contribution in [-0.2, 0) is 0 Å². The van der Waals surface area contributed by atoms with E-state index >= 15 is 0 Å². The molecule has 0 atom stereocenters. The fourth-order valence-electron chi connectivity index (χ4n) is 1.39. The third-order valence-electron chi connectivity index (χ3n) is 1.99. The number of nitrogens with two attached hydrogens (primary N) is 1. The van der Waals surface area contributed by atoms with Crippen LogP contribution in [0.3, 0.4) is 0 Å². The molecule has 1 aromatic rings. The molecule has 0 aliphatic carbocycles. The number of thiocarbonyl (C=S) groups is 1. The summed E-state index contributed by atoms with van der Waals surface area (Å²) < 4.78 is 0. The molecule has 0 fully saturated rings. The topological polar surface area (TPSA) is 62.4 Å². The van der Waals surface area contributed by atoms with E-state index < -0.39 is 0 Å². The van der Waals surface area contributed by atoms with Gasteiger partial charge in [0.05, 0.1) is 12.3 Å². The van der Waals surface area contributed by atoms with Gasteiger partial charge in [0, 0.05) is 11.3 Å². The lowest BCUT2D eigenvalue weighted by Gasteiger charge is -1.98. The van der Waals surface area contributed by atoms with Crippen LogP contribution in [0.2, 0.25) is 0 Å². The second-order valence-electron chi connectivity index (χ2n) is 2.93. The van der Waals surface area contributed by atoms with Crippen LogP contribution in [0.15, 0.2) is 29.4 Å². The highest BCUT2D eigenvalue weighted by Crippen LogP contribution is 2.21. The summed E-state index contributed by atoms with van der Waals surface area (Å²) in [6, 6.07) is 7.98. The summed E-state index contributed by atoms with van der Waals surface area (Å²) in [5.74, 6) is 0. The van der Waals surface area contributed by atoms with Gasteiger partial charge in [0.25, 0.3) is 0 Å². The minimum absolute atomic E-state index is 0.182. The van der Waals surface area contributed by atoms with Gasteiger partial charge in [-0.25, -0.2) is 0 Å². The summed E-state index contributed by atoms with van der Waals surface area (Å²) in [5, 5.41) is 7.50. The number of hydrazone groups is 1. The van der Waals surface area contributed by atoms with Gasteiger partial charge < -0.3 is 11.1 Å². The molecular weight excluding hydrogens is 196 g/mol. The Morgan fingerprint density at radius 1 is 1.50 bits per heavy atom. The highest BCUT2D eigenvalue weighted by Gasteiger charge is 2.15. The van der Waals surface area contributed by atoms with Gasteiger partial charge in [-0.3, -0.25) is 5.43 Å². The Morgan fingerprint density at radius 3 is 3.07 bits per heavy atom. The molecule has 0 radical (unpaired) electrons. The van der Waals surface area contributed by atoms with Gasteiger partial charge in [-0.2, -0.15) is 5.10 Å². The van der Waals surface area contributed by atoms with E-state index in [0.29, 0.717) is 6.54 Å². The molecule has 0 aromatic heterocycles. The number of anilines is 1. The van der Waals surface area contributed by atoms with Crippen molar-refractivity contribution < 1.29 is 0 Å². The van der Waals surface area contributed by atoms with Crippen LogP contribution >= 0.6 is 12.2 Å². The normalized spacial score (nSPS) is 16.1. The first-order valence-electron chi connectivity index (χ1n) is 4.22. The van der Waals surface area contributed by atoms with Crippen molar-refractivity contribution in [3.63, 3.8) is 0 Å². The largest absolute Gasteiger partial charge is 0.379 e. The van der Waals surface area contributed by atoms with Crippen LogP contribution in [0.4, 0.5) is 5.69 Å². The minimum Gasteiger partial charge on any atom is -0.379 e. The number of nitrogens with one attached hydrogen (secondary N) is 2. The van der Waals surface area contributed by atoms with Gasteiger partial charge >= 0.3 is 0 Å². The maximum absolute atomic E-state index is 5.28. The molecule has 0 amide bonds. The second kappa shape index (κ2) is 3.63. The van der Waals surface area contributed by atoms with Crippen LogP contribution in [0.5, 0.6) is 0 Å². The van der Waals surface area contributed by atoms with Crippen LogP contribution in [0.25, 0.3) is 0 Å². The molecule has 14 heavy (non-hydrogen) atoms. The van der Waals surface area contributed by atoms with Gasteiger partial charge in [-0.15, -0.1) is 0 Å². The third-order valence-corrected chi connectivity index (χ3v) is 2.08. The standard InChI is InChI=1S/C9H10N4S/c10-9(14)13-12-8-5-11-7-4-2-1-3-6(7)8/h1-4,11H,5H2,(H3,10,13,14). The quantitative estimate of drug-likeness (QED) is 0.466. The van der Waals surface area contributed by atoms with Gasteiger partial charge in [-0.1, -0.05) is 18.2 Å². The minimum atomic E-state index is 0.182. The molecule has 1 aromatic carbocycles. The number of hydrogen-bond acceptors (Lipinski definition) is 3. The van der Waals surface area contributed by atoms with E-state index in [2.05, 4.69) is 28.1 Å². The van der Waals surface area contributed by atoms with Crippen molar-refractivity contribution in [2.45, 2.75) is 0 Å². The number of para-hydroxylation sites is 1. The van der Waals surface area contributed by atoms with Crippen LogP contribution < -0.4 is 16.5 Å². The zero-order chi connectivity index (χ0) is 9.97. The zero-order valence-corrected chi connectivity index (χ0v) is 8.27. The fourth-order valence-corrected chi connectivity index (χ4v) is 1.43. The molecule has 0 bridgehead atoms. The Kier molecular flexibility index (Phi) is 2.32. The average molecular weight is 206 g/mol. The first-order valence-corrected chi connectivity index (χ1v) is 4.63. The van der Waals surface area contributed by atoms with E-state index in [-0.39, 0.29) is 5.11 Å². The predicted molar refractivity (Wildman–Crippen MR) is 61.4 cm³/mol. The molecule has 5 heteroatoms. The molecule has 0 saturated carbocycles. The molecule has 0 unspecified atom stereocenters.